The number of aliphatic hydroxyl groups excluding tert-OH is 2. The molecule has 494 valence electrons. The predicted octanol–water partition coefficient (Wildman–Crippen LogP) is -0.872. The second-order valence-electron chi connectivity index (χ2n) is 23.3. The molecular formula is C63H88N14O13S. The second-order valence-corrected chi connectivity index (χ2v) is 24.3. The first-order valence-electron chi connectivity index (χ1n) is 30.7. The van der Waals surface area contributed by atoms with E-state index in [4.69, 9.17) is 11.5 Å². The number of fused-ring (bicyclic) bond motifs is 1. The van der Waals surface area contributed by atoms with Gasteiger partial charge in [-0.15, -0.1) is 0 Å². The van der Waals surface area contributed by atoms with Gasteiger partial charge in [0, 0.05) is 49.5 Å². The summed E-state index contributed by atoms with van der Waals surface area (Å²) in [6, 6.07) is 12.0. The minimum Gasteiger partial charge on any atom is -0.480 e. The molecule has 0 radical (unpaired) electrons. The van der Waals surface area contributed by atoms with E-state index in [2.05, 4.69) is 57.8 Å². The van der Waals surface area contributed by atoms with Crippen molar-refractivity contribution >= 4 is 87.8 Å². The number of carboxylic acids is 1. The number of carboxylic acid groups (broad SMARTS) is 1. The zero-order valence-electron chi connectivity index (χ0n) is 51.8. The lowest BCUT2D eigenvalue weighted by Gasteiger charge is -2.31. The van der Waals surface area contributed by atoms with Crippen molar-refractivity contribution in [3.63, 3.8) is 0 Å². The van der Waals surface area contributed by atoms with E-state index in [-0.39, 0.29) is 82.2 Å². The van der Waals surface area contributed by atoms with Gasteiger partial charge in [-0.25, -0.2) is 4.79 Å². The molecule has 6 rings (SSSR count). The number of nitrogens with one attached hydrogen (secondary N) is 10. The summed E-state index contributed by atoms with van der Waals surface area (Å²) in [6.45, 7) is 4.76. The molecule has 91 heavy (non-hydrogen) atoms. The number of H-pyrrole nitrogens is 1. The average molecular weight is 1280 g/mol. The Morgan fingerprint density at radius 1 is 0.637 bits per heavy atom. The lowest BCUT2D eigenvalue weighted by molar-refractivity contribution is -0.143. The minimum absolute atomic E-state index is 0.0165. The number of thioether (sulfide) groups is 1. The fourth-order valence-corrected chi connectivity index (χ4v) is 11.4. The van der Waals surface area contributed by atoms with Crippen LogP contribution in [0.3, 0.4) is 0 Å². The summed E-state index contributed by atoms with van der Waals surface area (Å²) in [5, 5.41) is 56.4. The number of amides is 9. The number of hydrogen-bond acceptors (Lipinski definition) is 15. The van der Waals surface area contributed by atoms with Crippen molar-refractivity contribution in [1.29, 1.82) is 0 Å². The highest BCUT2D eigenvalue weighted by Gasteiger charge is 2.41. The maximum Gasteiger partial charge on any atom is 0.326 e. The van der Waals surface area contributed by atoms with Gasteiger partial charge in [0.2, 0.25) is 53.2 Å². The number of aliphatic imine (C=N–C) groups is 1. The van der Waals surface area contributed by atoms with Crippen LogP contribution in [0.25, 0.3) is 10.9 Å². The molecule has 2 fully saturated rings. The topological polar surface area (TPSA) is 423 Å². The Morgan fingerprint density at radius 2 is 1.20 bits per heavy atom. The number of aliphatic carboxylic acids is 1. The molecule has 9 amide bonds. The quantitative estimate of drug-likeness (QED) is 0.0151. The number of guanidine groups is 1. The molecule has 28 heteroatoms. The number of nitrogens with two attached hydrogens (primary N) is 2. The minimum atomic E-state index is -1.77. The highest BCUT2D eigenvalue weighted by atomic mass is 32.2. The molecule has 0 unspecified atom stereocenters. The van der Waals surface area contributed by atoms with E-state index < -0.39 is 126 Å². The van der Waals surface area contributed by atoms with Crippen molar-refractivity contribution in [2.75, 3.05) is 38.2 Å². The Balaban J connectivity index is 1.21. The summed E-state index contributed by atoms with van der Waals surface area (Å²) in [6.07, 6.45) is 4.02. The molecule has 11 atom stereocenters. The maximum atomic E-state index is 14.9. The van der Waals surface area contributed by atoms with Crippen LogP contribution in [0.1, 0.15) is 88.8 Å². The van der Waals surface area contributed by atoms with Gasteiger partial charge < -0.3 is 84.5 Å². The first kappa shape index (κ1) is 71.5. The Kier molecular flexibility index (Phi) is 28.0. The van der Waals surface area contributed by atoms with Crippen LogP contribution >= 0.6 is 11.8 Å². The van der Waals surface area contributed by atoms with E-state index in [0.29, 0.717) is 41.7 Å². The van der Waals surface area contributed by atoms with Crippen molar-refractivity contribution in [3.8, 4) is 0 Å². The fraction of sp³-hybridized carbons (Fsp3) is 0.508. The van der Waals surface area contributed by atoms with Gasteiger partial charge in [-0.2, -0.15) is 11.8 Å². The molecule has 1 aromatic heterocycles. The molecule has 0 bridgehead atoms. The van der Waals surface area contributed by atoms with Crippen LogP contribution in [-0.2, 0) is 67.2 Å². The van der Waals surface area contributed by atoms with Crippen LogP contribution in [0.4, 0.5) is 0 Å². The summed E-state index contributed by atoms with van der Waals surface area (Å²) in [5.41, 5.74) is 13.4. The Morgan fingerprint density at radius 3 is 1.81 bits per heavy atom. The standard InChI is InChI=1S/C63H88N14O13S/c1-36(2)30-46(55(82)75-50(35-78)58(85)70-45(62(89)90)23-14-27-67-63(64)65)71-56(83)47(31-38-16-7-5-8-17-38)73-60(87)52(37(3)79)76-57(84)48(33-40-34-68-42-21-12-11-20-41(40)42)72-54(81)44(25-29-91-4)69-59(86)51-24-15-28-77(51)61(88)49(32-39-18-9-6-10-19-39)74-53(80)43-22-13-26-66-43/h5-12,16-21,34,36-37,43-52,66,68,78-79H,13-15,22-33,35H2,1-4H3,(H,69,86)(H,70,85)(H,71,83)(H,72,81)(H,73,87)(H,74,80)(H,75,82)(H,76,84)(H,89,90)(H4,64,65,67)/t37-,43+,44+,45+,46+,47+,48+,49+,50+,51+,52+/m1/s1. The predicted molar refractivity (Wildman–Crippen MR) is 342 cm³/mol. The molecule has 4 aromatic rings. The third-order valence-corrected chi connectivity index (χ3v) is 16.4. The third-order valence-electron chi connectivity index (χ3n) is 15.8. The van der Waals surface area contributed by atoms with Gasteiger partial charge in [0.25, 0.3) is 0 Å². The molecule has 2 aliphatic rings. The lowest BCUT2D eigenvalue weighted by Crippen LogP contribution is -2.62. The molecule has 3 aromatic carbocycles. The number of likely N-dealkylation sites (tertiary alicyclic amines) is 1. The molecule has 0 saturated carbocycles. The highest BCUT2D eigenvalue weighted by molar-refractivity contribution is 7.98. The van der Waals surface area contributed by atoms with E-state index in [9.17, 15) is 63.3 Å². The first-order valence-corrected chi connectivity index (χ1v) is 32.1. The summed E-state index contributed by atoms with van der Waals surface area (Å²) >= 11 is 1.41. The maximum absolute atomic E-state index is 14.9. The molecule has 2 saturated heterocycles. The number of rotatable bonds is 35. The van der Waals surface area contributed by atoms with E-state index in [0.717, 1.165) is 17.5 Å². The highest BCUT2D eigenvalue weighted by Crippen LogP contribution is 2.23. The lowest BCUT2D eigenvalue weighted by atomic mass is 10.00. The fourth-order valence-electron chi connectivity index (χ4n) is 11.0. The van der Waals surface area contributed by atoms with Gasteiger partial charge in [-0.3, -0.25) is 48.1 Å². The monoisotopic (exact) mass is 1280 g/mol. The molecule has 0 spiro atoms. The third kappa shape index (κ3) is 21.8. The Labute approximate surface area is 533 Å². The molecule has 0 aliphatic carbocycles. The van der Waals surface area contributed by atoms with Crippen molar-refractivity contribution in [2.45, 2.75) is 158 Å². The average Bonchev–Trinajstić information content (AvgIpc) is 1.89. The van der Waals surface area contributed by atoms with E-state index in [1.165, 1.54) is 23.6 Å². The van der Waals surface area contributed by atoms with Crippen molar-refractivity contribution in [3.05, 3.63) is 108 Å². The number of nitrogens with zero attached hydrogens (tertiary/aromatic N) is 2. The summed E-state index contributed by atoms with van der Waals surface area (Å²) in [7, 11) is 0. The van der Waals surface area contributed by atoms with Gasteiger partial charge in [0.05, 0.1) is 18.8 Å². The number of hydrogen-bond donors (Lipinski definition) is 15. The zero-order valence-corrected chi connectivity index (χ0v) is 52.6. The van der Waals surface area contributed by atoms with Gasteiger partial charge >= 0.3 is 5.97 Å². The van der Waals surface area contributed by atoms with Crippen LogP contribution in [0.15, 0.2) is 96.1 Å². The second kappa shape index (κ2) is 35.7. The molecule has 27 nitrogen and oxygen atoms in total. The SMILES string of the molecule is CSCC[C@H](NC(=O)[C@@H]1CCCN1C(=O)[C@H](Cc1ccccc1)NC(=O)[C@@H]1CCCN1)C(=O)N[C@@H](Cc1c[nH]c2ccccc12)C(=O)N[C@H](C(=O)N[C@@H](Cc1ccccc1)C(=O)N[C@@H](CC(C)C)C(=O)N[C@@H](CO)C(=O)N[C@@H](CCCN=C(N)N)C(=O)O)[C@@H](C)O. The Hall–Kier alpha value is -8.60. The van der Waals surface area contributed by atoms with Gasteiger partial charge in [0.1, 0.15) is 54.4 Å². The number of carbonyl (C=O) groups is 10. The molecule has 3 heterocycles. The smallest absolute Gasteiger partial charge is 0.326 e. The molecule has 17 N–H and O–H groups in total. The van der Waals surface area contributed by atoms with Crippen molar-refractivity contribution in [1.82, 2.24) is 57.7 Å². The molecular weight excluding hydrogens is 1190 g/mol. The number of para-hydroxylation sites is 1. The Bertz CT molecular complexity index is 3140. The largest absolute Gasteiger partial charge is 0.480 e. The number of aromatic nitrogens is 1. The van der Waals surface area contributed by atoms with Crippen LogP contribution in [0, 0.1) is 5.92 Å². The summed E-state index contributed by atoms with van der Waals surface area (Å²) in [4.78, 5) is 149. The van der Waals surface area contributed by atoms with Crippen LogP contribution in [0.5, 0.6) is 0 Å². The van der Waals surface area contributed by atoms with Crippen molar-refractivity contribution < 1.29 is 63.3 Å². The summed E-state index contributed by atoms with van der Waals surface area (Å²) in [5.74, 6) is -8.43. The van der Waals surface area contributed by atoms with Crippen LogP contribution in [-0.4, -0.2) is 195 Å². The van der Waals surface area contributed by atoms with Gasteiger partial charge in [-0.05, 0) is 106 Å². The van der Waals surface area contributed by atoms with Crippen LogP contribution < -0.4 is 59.3 Å². The van der Waals surface area contributed by atoms with Crippen LogP contribution in [0.2, 0.25) is 0 Å². The van der Waals surface area contributed by atoms with E-state index in [1.807, 2.05) is 54.8 Å². The van der Waals surface area contributed by atoms with E-state index in [1.54, 1.807) is 56.4 Å². The zero-order chi connectivity index (χ0) is 66.1. The number of carbonyl (C=O) groups excluding carboxylic acids is 9. The number of aromatic amines is 1. The van der Waals surface area contributed by atoms with Gasteiger partial charge in [-0.1, -0.05) is 92.7 Å². The number of aliphatic hydroxyl groups is 2. The number of benzene rings is 3. The van der Waals surface area contributed by atoms with Crippen molar-refractivity contribution in [2.24, 2.45) is 22.4 Å². The normalized spacial score (nSPS) is 17.5. The van der Waals surface area contributed by atoms with E-state index >= 15 is 0 Å². The first-order chi connectivity index (χ1) is 43.6. The summed E-state index contributed by atoms with van der Waals surface area (Å²) < 4.78 is 0. The molecule has 2 aliphatic heterocycles. The van der Waals surface area contributed by atoms with Gasteiger partial charge in [0.15, 0.2) is 5.96 Å².